The Labute approximate surface area is 172 Å². The van der Waals surface area contributed by atoms with Gasteiger partial charge in [-0.25, -0.2) is 4.79 Å². The zero-order valence-electron chi connectivity index (χ0n) is 14.1. The van der Waals surface area contributed by atoms with Crippen molar-refractivity contribution >= 4 is 40.8 Å². The second-order valence-electron chi connectivity index (χ2n) is 5.70. The minimum atomic E-state index is -0.490. The summed E-state index contributed by atoms with van der Waals surface area (Å²) in [7, 11) is 0. The van der Waals surface area contributed by atoms with E-state index in [1.165, 1.54) is 0 Å². The minimum Gasteiger partial charge on any atom is -0.488 e. The molecule has 0 bridgehead atoms. The van der Waals surface area contributed by atoms with Gasteiger partial charge in [0.15, 0.2) is 0 Å². The van der Waals surface area contributed by atoms with Gasteiger partial charge in [0.05, 0.1) is 10.0 Å². The molecule has 0 N–H and O–H groups in total. The zero-order valence-corrected chi connectivity index (χ0v) is 16.4. The van der Waals surface area contributed by atoms with Crippen LogP contribution in [0.4, 0.5) is 0 Å². The predicted octanol–water partition coefficient (Wildman–Crippen LogP) is 6.58. The molecule has 3 rings (SSSR count). The van der Waals surface area contributed by atoms with Crippen molar-refractivity contribution in [3.8, 4) is 5.75 Å². The smallest absolute Gasteiger partial charge is 0.342 e. The Bertz CT molecular complexity index is 957. The normalized spacial score (nSPS) is 10.5. The molecule has 0 atom stereocenters. The van der Waals surface area contributed by atoms with Crippen LogP contribution in [0.5, 0.6) is 5.75 Å². The van der Waals surface area contributed by atoms with Gasteiger partial charge in [-0.3, -0.25) is 0 Å². The number of ether oxygens (including phenoxy) is 2. The fourth-order valence-electron chi connectivity index (χ4n) is 2.39. The number of para-hydroxylation sites is 1. The Morgan fingerprint density at radius 2 is 1.52 bits per heavy atom. The summed E-state index contributed by atoms with van der Waals surface area (Å²) in [4.78, 5) is 12.5. The monoisotopic (exact) mass is 420 g/mol. The quantitative estimate of drug-likeness (QED) is 0.422. The summed E-state index contributed by atoms with van der Waals surface area (Å²) < 4.78 is 11.2. The topological polar surface area (TPSA) is 35.5 Å². The highest BCUT2D eigenvalue weighted by Gasteiger charge is 2.14. The summed E-state index contributed by atoms with van der Waals surface area (Å²) in [5.41, 5.74) is 1.91. The van der Waals surface area contributed by atoms with Gasteiger partial charge in [0.25, 0.3) is 0 Å². The van der Waals surface area contributed by atoms with E-state index in [1.54, 1.807) is 48.5 Å². The van der Waals surface area contributed by atoms with Crippen LogP contribution < -0.4 is 4.74 Å². The molecular formula is C21H15Cl3O3. The third kappa shape index (κ3) is 5.16. The number of rotatable bonds is 6. The average Bonchev–Trinajstić information content (AvgIpc) is 2.68. The molecule has 3 nitrogen and oxygen atoms in total. The number of carbonyl (C=O) groups excluding carboxylic acids is 1. The Kier molecular flexibility index (Phi) is 6.62. The van der Waals surface area contributed by atoms with Crippen LogP contribution >= 0.6 is 34.8 Å². The highest BCUT2D eigenvalue weighted by molar-refractivity contribution is 6.42. The second-order valence-corrected chi connectivity index (χ2v) is 6.92. The van der Waals surface area contributed by atoms with Crippen LogP contribution in [0.15, 0.2) is 66.7 Å². The molecule has 0 amide bonds. The number of hydrogen-bond donors (Lipinski definition) is 0. The molecule has 3 aromatic carbocycles. The summed E-state index contributed by atoms with van der Waals surface area (Å²) in [5, 5.41) is 1.47. The largest absolute Gasteiger partial charge is 0.488 e. The first-order chi connectivity index (χ1) is 13.0. The summed E-state index contributed by atoms with van der Waals surface area (Å²) >= 11 is 18.0. The van der Waals surface area contributed by atoms with E-state index in [1.807, 2.05) is 18.2 Å². The Morgan fingerprint density at radius 3 is 2.30 bits per heavy atom. The third-order valence-corrected chi connectivity index (χ3v) is 4.91. The molecule has 0 aliphatic carbocycles. The van der Waals surface area contributed by atoms with Crippen molar-refractivity contribution in [2.45, 2.75) is 13.2 Å². The van der Waals surface area contributed by atoms with Crippen molar-refractivity contribution in [1.82, 2.24) is 0 Å². The molecule has 0 saturated carbocycles. The third-order valence-electron chi connectivity index (χ3n) is 3.80. The van der Waals surface area contributed by atoms with Crippen LogP contribution in [0, 0.1) is 0 Å². The molecule has 0 saturated heterocycles. The lowest BCUT2D eigenvalue weighted by molar-refractivity contribution is 0.0467. The van der Waals surface area contributed by atoms with Crippen molar-refractivity contribution in [2.75, 3.05) is 0 Å². The van der Waals surface area contributed by atoms with E-state index < -0.39 is 5.97 Å². The van der Waals surface area contributed by atoms with Crippen molar-refractivity contribution < 1.29 is 14.3 Å². The molecule has 27 heavy (non-hydrogen) atoms. The maximum absolute atomic E-state index is 12.5. The molecule has 0 heterocycles. The number of esters is 1. The molecule has 0 radical (unpaired) electrons. The van der Waals surface area contributed by atoms with Gasteiger partial charge in [0.2, 0.25) is 0 Å². The average molecular weight is 422 g/mol. The standard InChI is InChI=1S/C21H15Cl3O3/c22-17-7-3-1-5-15(17)13-26-20-8-4-2-6-16(20)21(25)27-12-14-9-10-18(23)19(24)11-14/h1-11H,12-13H2. The minimum absolute atomic E-state index is 0.0779. The van der Waals surface area contributed by atoms with Gasteiger partial charge < -0.3 is 9.47 Å². The molecule has 3 aromatic rings. The first-order valence-corrected chi connectivity index (χ1v) is 9.24. The lowest BCUT2D eigenvalue weighted by Crippen LogP contribution is -2.08. The van der Waals surface area contributed by atoms with E-state index in [-0.39, 0.29) is 13.2 Å². The van der Waals surface area contributed by atoms with Gasteiger partial charge >= 0.3 is 5.97 Å². The van der Waals surface area contributed by atoms with Crippen LogP contribution in [-0.2, 0) is 18.0 Å². The van der Waals surface area contributed by atoms with Crippen LogP contribution in [-0.4, -0.2) is 5.97 Å². The second kappa shape index (κ2) is 9.14. The Hall–Kier alpha value is -2.20. The zero-order chi connectivity index (χ0) is 19.2. The molecule has 0 aromatic heterocycles. The van der Waals surface area contributed by atoms with Crippen LogP contribution in [0.2, 0.25) is 15.1 Å². The summed E-state index contributed by atoms with van der Waals surface area (Å²) in [6.07, 6.45) is 0. The maximum atomic E-state index is 12.5. The summed E-state index contributed by atoms with van der Waals surface area (Å²) in [6.45, 7) is 0.325. The lowest BCUT2D eigenvalue weighted by Gasteiger charge is -2.12. The lowest BCUT2D eigenvalue weighted by atomic mass is 10.2. The fraction of sp³-hybridized carbons (Fsp3) is 0.0952. The van der Waals surface area contributed by atoms with Crippen molar-refractivity contribution in [3.63, 3.8) is 0 Å². The summed E-state index contributed by atoms with van der Waals surface area (Å²) in [5.74, 6) is -0.0626. The van der Waals surface area contributed by atoms with E-state index in [4.69, 9.17) is 44.3 Å². The van der Waals surface area contributed by atoms with Crippen molar-refractivity contribution in [1.29, 1.82) is 0 Å². The van der Waals surface area contributed by atoms with Crippen molar-refractivity contribution in [3.05, 3.63) is 98.5 Å². The molecule has 0 fully saturated rings. The number of carbonyl (C=O) groups is 1. The Balaban J connectivity index is 1.68. The first kappa shape index (κ1) is 19.6. The van der Waals surface area contributed by atoms with Gasteiger partial charge in [-0.05, 0) is 35.9 Å². The Morgan fingerprint density at radius 1 is 0.778 bits per heavy atom. The van der Waals surface area contributed by atoms with Gasteiger partial charge in [-0.1, -0.05) is 71.2 Å². The van der Waals surface area contributed by atoms with Crippen LogP contribution in [0.3, 0.4) is 0 Å². The first-order valence-electron chi connectivity index (χ1n) is 8.11. The number of hydrogen-bond acceptors (Lipinski definition) is 3. The van der Waals surface area contributed by atoms with E-state index in [9.17, 15) is 4.79 Å². The van der Waals surface area contributed by atoms with Gasteiger partial charge in [0, 0.05) is 10.6 Å². The predicted molar refractivity (Wildman–Crippen MR) is 108 cm³/mol. The van der Waals surface area contributed by atoms with E-state index in [0.717, 1.165) is 11.1 Å². The molecule has 0 aliphatic heterocycles. The fourth-order valence-corrected chi connectivity index (χ4v) is 2.90. The molecule has 0 aliphatic rings. The molecule has 6 heteroatoms. The molecule has 138 valence electrons. The summed E-state index contributed by atoms with van der Waals surface area (Å²) in [6, 6.07) is 19.4. The molecular weight excluding hydrogens is 407 g/mol. The highest BCUT2D eigenvalue weighted by Crippen LogP contribution is 2.25. The van der Waals surface area contributed by atoms with Gasteiger partial charge in [-0.15, -0.1) is 0 Å². The SMILES string of the molecule is O=C(OCc1ccc(Cl)c(Cl)c1)c1ccccc1OCc1ccccc1Cl. The van der Waals surface area contributed by atoms with E-state index in [2.05, 4.69) is 0 Å². The molecule has 0 spiro atoms. The van der Waals surface area contributed by atoms with E-state index >= 15 is 0 Å². The highest BCUT2D eigenvalue weighted by atomic mass is 35.5. The van der Waals surface area contributed by atoms with Crippen molar-refractivity contribution in [2.24, 2.45) is 0 Å². The van der Waals surface area contributed by atoms with Crippen LogP contribution in [0.25, 0.3) is 0 Å². The maximum Gasteiger partial charge on any atom is 0.342 e. The van der Waals surface area contributed by atoms with Gasteiger partial charge in [0.1, 0.15) is 24.5 Å². The van der Waals surface area contributed by atoms with Crippen LogP contribution in [0.1, 0.15) is 21.5 Å². The molecule has 0 unspecified atom stereocenters. The van der Waals surface area contributed by atoms with E-state index in [0.29, 0.717) is 26.4 Å². The van der Waals surface area contributed by atoms with Gasteiger partial charge in [-0.2, -0.15) is 0 Å². The number of halogens is 3. The number of benzene rings is 3.